The van der Waals surface area contributed by atoms with E-state index in [0.717, 1.165) is 36.9 Å². The fourth-order valence-corrected chi connectivity index (χ4v) is 5.67. The van der Waals surface area contributed by atoms with Crippen LogP contribution in [0.3, 0.4) is 0 Å². The van der Waals surface area contributed by atoms with E-state index in [-0.39, 0.29) is 16.3 Å². The third-order valence-electron chi connectivity index (χ3n) is 6.42. The maximum atomic E-state index is 15.2. The first kappa shape index (κ1) is 23.1. The van der Waals surface area contributed by atoms with E-state index in [0.29, 0.717) is 28.4 Å². The summed E-state index contributed by atoms with van der Waals surface area (Å²) in [5.74, 6) is -0.289. The molecular formula is C24H23FN6O3S. The third-order valence-corrected chi connectivity index (χ3v) is 7.67. The van der Waals surface area contributed by atoms with Crippen molar-refractivity contribution < 1.29 is 13.9 Å². The van der Waals surface area contributed by atoms with Gasteiger partial charge < -0.3 is 14.9 Å². The molecule has 2 heterocycles. The molecule has 0 spiro atoms. The lowest BCUT2D eigenvalue weighted by Gasteiger charge is -2.14. The maximum Gasteiger partial charge on any atom is 0.274 e. The lowest BCUT2D eigenvalue weighted by molar-refractivity contribution is -0.385. The van der Waals surface area contributed by atoms with Crippen molar-refractivity contribution in [3.63, 3.8) is 0 Å². The number of hydrogen-bond donors (Lipinski definition) is 2. The summed E-state index contributed by atoms with van der Waals surface area (Å²) in [6.07, 6.45) is 7.79. The van der Waals surface area contributed by atoms with E-state index in [2.05, 4.69) is 19.3 Å². The normalized spacial score (nSPS) is 14.9. The van der Waals surface area contributed by atoms with Crippen LogP contribution in [0, 0.1) is 22.9 Å². The smallest absolute Gasteiger partial charge is 0.274 e. The summed E-state index contributed by atoms with van der Waals surface area (Å²) < 4.78 is 32.8. The van der Waals surface area contributed by atoms with Gasteiger partial charge in [0.1, 0.15) is 34.8 Å². The Morgan fingerprint density at radius 2 is 1.97 bits per heavy atom. The molecule has 2 aromatic carbocycles. The van der Waals surface area contributed by atoms with E-state index in [4.69, 9.17) is 5.73 Å². The highest BCUT2D eigenvalue weighted by Gasteiger charge is 2.24. The summed E-state index contributed by atoms with van der Waals surface area (Å²) in [5, 5.41) is 11.8. The number of nitrogens with one attached hydrogen (secondary N) is 1. The molecule has 3 N–H and O–H groups in total. The van der Waals surface area contributed by atoms with Crippen molar-refractivity contribution in [3.05, 3.63) is 70.4 Å². The van der Waals surface area contributed by atoms with Gasteiger partial charge in [-0.1, -0.05) is 18.9 Å². The summed E-state index contributed by atoms with van der Waals surface area (Å²) in [6, 6.07) is 8.94. The third kappa shape index (κ3) is 4.28. The Bertz CT molecular complexity index is 1440. The number of nitrogen functional groups attached to an aromatic ring is 1. The van der Waals surface area contributed by atoms with E-state index in [1.807, 2.05) is 6.20 Å². The number of rotatable bonds is 6. The summed E-state index contributed by atoms with van der Waals surface area (Å²) in [4.78, 5) is 19.3. The van der Waals surface area contributed by atoms with Gasteiger partial charge in [0.25, 0.3) is 5.69 Å². The molecule has 0 aliphatic heterocycles. The molecule has 2 aromatic heterocycles. The first-order valence-electron chi connectivity index (χ1n) is 11.2. The number of aryl methyl sites for hydroxylation is 1. The number of nitro groups is 1. The average Bonchev–Trinajstić information content (AvgIpc) is 3.49. The minimum Gasteiger partial charge on any atom is -0.588 e. The maximum absolute atomic E-state index is 15.2. The van der Waals surface area contributed by atoms with Crippen LogP contribution in [0.1, 0.15) is 37.3 Å². The first-order valence-corrected chi connectivity index (χ1v) is 12.3. The van der Waals surface area contributed by atoms with Gasteiger partial charge in [-0.3, -0.25) is 10.1 Å². The topological polar surface area (TPSA) is 135 Å². The van der Waals surface area contributed by atoms with Crippen LogP contribution in [-0.4, -0.2) is 24.0 Å². The molecule has 1 aliphatic carbocycles. The van der Waals surface area contributed by atoms with Crippen LogP contribution >= 0.6 is 0 Å². The van der Waals surface area contributed by atoms with Gasteiger partial charge in [-0.2, -0.15) is 0 Å². The molecule has 5 rings (SSSR count). The molecule has 4 aromatic rings. The highest BCUT2D eigenvalue weighted by atomic mass is 32.2. The lowest BCUT2D eigenvalue weighted by atomic mass is 10.1. The fourth-order valence-electron chi connectivity index (χ4n) is 4.61. The first-order chi connectivity index (χ1) is 16.8. The predicted molar refractivity (Wildman–Crippen MR) is 133 cm³/mol. The van der Waals surface area contributed by atoms with E-state index in [1.54, 1.807) is 13.0 Å². The zero-order valence-corrected chi connectivity index (χ0v) is 19.7. The Balaban J connectivity index is 1.48. The summed E-state index contributed by atoms with van der Waals surface area (Å²) in [6.45, 7) is 1.69. The molecule has 11 heteroatoms. The van der Waals surface area contributed by atoms with Gasteiger partial charge in [0, 0.05) is 29.4 Å². The number of benzene rings is 2. The molecule has 1 fully saturated rings. The number of nitrogens with zero attached hydrogens (tertiary/aromatic N) is 4. The van der Waals surface area contributed by atoms with Crippen LogP contribution in [0.2, 0.25) is 0 Å². The van der Waals surface area contributed by atoms with Crippen LogP contribution in [0.4, 0.5) is 21.6 Å². The number of halogens is 1. The second kappa shape index (κ2) is 9.16. The number of aromatic nitrogens is 3. The Kier molecular flexibility index (Phi) is 6.03. The van der Waals surface area contributed by atoms with Crippen molar-refractivity contribution in [1.29, 1.82) is 0 Å². The molecule has 1 aliphatic rings. The molecule has 1 unspecified atom stereocenters. The SMILES string of the molecule is Cc1ccc([N+](=O)[O-])cc1[S+]([O-])Nc1ccc(-c2cn(C3CCCC3)c3ncnc(N)c23)cc1F. The second-order valence-electron chi connectivity index (χ2n) is 8.62. The summed E-state index contributed by atoms with van der Waals surface area (Å²) in [7, 11) is 0. The Labute approximate surface area is 203 Å². The van der Waals surface area contributed by atoms with Crippen molar-refractivity contribution in [3.8, 4) is 11.1 Å². The molecule has 0 amide bonds. The largest absolute Gasteiger partial charge is 0.588 e. The van der Waals surface area contributed by atoms with Gasteiger partial charge in [-0.05, 0) is 43.5 Å². The monoisotopic (exact) mass is 494 g/mol. The summed E-state index contributed by atoms with van der Waals surface area (Å²) in [5.41, 5.74) is 8.66. The standard InChI is InChI=1S/C24H23FN6O3S/c1-14-6-8-17(31(32)33)11-21(14)35(34)29-20-9-7-15(10-19(20)25)18-12-30(16-4-2-3-5-16)24-22(18)23(26)27-13-28-24/h6-13,16,29H,2-5H2,1H3,(H2,26,27,28). The molecule has 1 atom stereocenters. The minimum atomic E-state index is -1.90. The van der Waals surface area contributed by atoms with Gasteiger partial charge in [-0.25, -0.2) is 19.1 Å². The Morgan fingerprint density at radius 3 is 2.69 bits per heavy atom. The number of non-ortho nitro benzene ring substituents is 1. The van der Waals surface area contributed by atoms with Crippen molar-refractivity contribution in [2.75, 3.05) is 10.5 Å². The Morgan fingerprint density at radius 1 is 1.20 bits per heavy atom. The minimum absolute atomic E-state index is 0.0155. The van der Waals surface area contributed by atoms with Crippen molar-refractivity contribution >= 4 is 39.6 Å². The second-order valence-corrected chi connectivity index (χ2v) is 9.80. The molecule has 0 radical (unpaired) electrons. The lowest BCUT2D eigenvalue weighted by Crippen LogP contribution is -2.15. The van der Waals surface area contributed by atoms with Crippen molar-refractivity contribution in [1.82, 2.24) is 14.5 Å². The van der Waals surface area contributed by atoms with Crippen LogP contribution in [0.25, 0.3) is 22.2 Å². The number of anilines is 2. The zero-order valence-electron chi connectivity index (χ0n) is 18.9. The number of nitrogens with two attached hydrogens (primary N) is 1. The van der Waals surface area contributed by atoms with E-state index in [9.17, 15) is 14.7 Å². The highest BCUT2D eigenvalue weighted by molar-refractivity contribution is 7.92. The van der Waals surface area contributed by atoms with E-state index < -0.39 is 22.1 Å². The predicted octanol–water partition coefficient (Wildman–Crippen LogP) is 5.29. The van der Waals surface area contributed by atoms with Crippen LogP contribution in [0.5, 0.6) is 0 Å². The van der Waals surface area contributed by atoms with E-state index >= 15 is 4.39 Å². The molecule has 35 heavy (non-hydrogen) atoms. The zero-order chi connectivity index (χ0) is 24.7. The molecule has 9 nitrogen and oxygen atoms in total. The van der Waals surface area contributed by atoms with Crippen LogP contribution in [0.15, 0.2) is 53.8 Å². The van der Waals surface area contributed by atoms with Gasteiger partial charge >= 0.3 is 0 Å². The van der Waals surface area contributed by atoms with Gasteiger partial charge in [-0.15, -0.1) is 0 Å². The molecular weight excluding hydrogens is 471 g/mol. The molecule has 0 bridgehead atoms. The Hall–Kier alpha value is -3.70. The van der Waals surface area contributed by atoms with Gasteiger partial charge in [0.05, 0.1) is 16.4 Å². The fraction of sp³-hybridized carbons (Fsp3) is 0.250. The quantitative estimate of drug-likeness (QED) is 0.211. The van der Waals surface area contributed by atoms with Gasteiger partial charge in [0.15, 0.2) is 10.7 Å². The molecule has 1 saturated carbocycles. The highest BCUT2D eigenvalue weighted by Crippen LogP contribution is 2.39. The van der Waals surface area contributed by atoms with Crippen LogP contribution < -0.4 is 10.5 Å². The van der Waals surface area contributed by atoms with Crippen molar-refractivity contribution in [2.24, 2.45) is 0 Å². The van der Waals surface area contributed by atoms with Crippen LogP contribution in [-0.2, 0) is 11.4 Å². The average molecular weight is 495 g/mol. The summed E-state index contributed by atoms with van der Waals surface area (Å²) >= 11 is -1.90. The molecule has 180 valence electrons. The van der Waals surface area contributed by atoms with E-state index in [1.165, 1.54) is 36.7 Å². The molecule has 0 saturated heterocycles. The number of hydrogen-bond acceptors (Lipinski definition) is 7. The van der Waals surface area contributed by atoms with Crippen molar-refractivity contribution in [2.45, 2.75) is 43.5 Å². The number of fused-ring (bicyclic) bond motifs is 1. The van der Waals surface area contributed by atoms with Gasteiger partial charge in [0.2, 0.25) is 0 Å². The number of nitro benzene ring substituents is 1.